The second-order valence-corrected chi connectivity index (χ2v) is 7.29. The van der Waals surface area contributed by atoms with E-state index in [-0.39, 0.29) is 5.91 Å². The third-order valence-electron chi connectivity index (χ3n) is 4.59. The lowest BCUT2D eigenvalue weighted by molar-refractivity contribution is -0.116. The van der Waals surface area contributed by atoms with Crippen LogP contribution in [0.4, 0.5) is 5.82 Å². The summed E-state index contributed by atoms with van der Waals surface area (Å²) in [6.45, 7) is 0. The number of aromatic nitrogens is 3. The fourth-order valence-corrected chi connectivity index (χ4v) is 3.69. The van der Waals surface area contributed by atoms with Crippen LogP contribution in [0.3, 0.4) is 0 Å². The summed E-state index contributed by atoms with van der Waals surface area (Å²) in [5, 5.41) is 10.6. The summed E-state index contributed by atoms with van der Waals surface area (Å²) in [4.78, 5) is 16.3. The van der Waals surface area contributed by atoms with Crippen LogP contribution < -0.4 is 5.32 Å². The zero-order valence-electron chi connectivity index (χ0n) is 15.3. The van der Waals surface area contributed by atoms with Gasteiger partial charge >= 0.3 is 0 Å². The standard InChI is InChI=1S/C22H18N4OS/c1-3-22-25-20(14-28-22)24-21(27)12-9-15-7-10-16(11-8-15)17-5-4-6-19-18(17)13-23-26(19)2/h1,4-8,10-11,13-14H,9,12H2,2H3,(H,24,27). The minimum absolute atomic E-state index is 0.0712. The lowest BCUT2D eigenvalue weighted by Gasteiger charge is -2.06. The van der Waals surface area contributed by atoms with Gasteiger partial charge in [0.2, 0.25) is 5.91 Å². The van der Waals surface area contributed by atoms with Gasteiger partial charge in [0.25, 0.3) is 0 Å². The summed E-state index contributed by atoms with van der Waals surface area (Å²) in [5.41, 5.74) is 4.51. The molecule has 0 radical (unpaired) electrons. The molecule has 2 heterocycles. The van der Waals surface area contributed by atoms with E-state index in [2.05, 4.69) is 57.7 Å². The van der Waals surface area contributed by atoms with Gasteiger partial charge in [0, 0.05) is 24.2 Å². The van der Waals surface area contributed by atoms with E-state index in [9.17, 15) is 4.79 Å². The molecule has 0 aliphatic carbocycles. The molecule has 4 aromatic rings. The lowest BCUT2D eigenvalue weighted by atomic mass is 9.99. The van der Waals surface area contributed by atoms with Gasteiger partial charge in [0.05, 0.1) is 11.7 Å². The maximum Gasteiger partial charge on any atom is 0.225 e. The molecule has 0 fully saturated rings. The number of terminal acetylenes is 1. The maximum atomic E-state index is 12.1. The topological polar surface area (TPSA) is 59.8 Å². The van der Waals surface area contributed by atoms with E-state index in [1.165, 1.54) is 11.3 Å². The minimum atomic E-state index is -0.0712. The van der Waals surface area contributed by atoms with E-state index < -0.39 is 0 Å². The fourth-order valence-electron chi connectivity index (χ4n) is 3.14. The molecule has 0 aliphatic rings. The highest BCUT2D eigenvalue weighted by Gasteiger charge is 2.09. The van der Waals surface area contributed by atoms with Gasteiger partial charge in [-0.2, -0.15) is 5.10 Å². The quantitative estimate of drug-likeness (QED) is 0.522. The molecule has 0 saturated carbocycles. The van der Waals surface area contributed by atoms with Crippen molar-refractivity contribution < 1.29 is 4.79 Å². The number of carbonyl (C=O) groups excluding carboxylic acids is 1. The Morgan fingerprint density at radius 1 is 1.25 bits per heavy atom. The van der Waals surface area contributed by atoms with Crippen LogP contribution in [-0.4, -0.2) is 20.7 Å². The van der Waals surface area contributed by atoms with Gasteiger partial charge in [-0.25, -0.2) is 4.98 Å². The van der Waals surface area contributed by atoms with Crippen molar-refractivity contribution in [3.05, 3.63) is 64.6 Å². The summed E-state index contributed by atoms with van der Waals surface area (Å²) in [6, 6.07) is 14.5. The van der Waals surface area contributed by atoms with Crippen molar-refractivity contribution in [3.8, 4) is 23.5 Å². The molecular formula is C22H18N4OS. The number of rotatable bonds is 5. The highest BCUT2D eigenvalue weighted by Crippen LogP contribution is 2.28. The molecule has 4 rings (SSSR count). The highest BCUT2D eigenvalue weighted by atomic mass is 32.1. The van der Waals surface area contributed by atoms with Crippen LogP contribution in [0.5, 0.6) is 0 Å². The first-order valence-electron chi connectivity index (χ1n) is 8.86. The number of nitrogens with zero attached hydrogens (tertiary/aromatic N) is 3. The highest BCUT2D eigenvalue weighted by molar-refractivity contribution is 7.10. The van der Waals surface area contributed by atoms with Gasteiger partial charge in [-0.05, 0) is 35.1 Å². The van der Waals surface area contributed by atoms with E-state index >= 15 is 0 Å². The number of fused-ring (bicyclic) bond motifs is 1. The van der Waals surface area contributed by atoms with Crippen LogP contribution in [0, 0.1) is 12.3 Å². The van der Waals surface area contributed by atoms with Crippen LogP contribution in [0.1, 0.15) is 17.0 Å². The SMILES string of the molecule is C#Cc1nc(NC(=O)CCc2ccc(-c3cccc4c3cnn4C)cc2)cs1. The second-order valence-electron chi connectivity index (χ2n) is 6.43. The van der Waals surface area contributed by atoms with Crippen LogP contribution in [0.15, 0.2) is 54.0 Å². The number of benzene rings is 2. The van der Waals surface area contributed by atoms with Crippen molar-refractivity contribution in [1.29, 1.82) is 0 Å². The molecule has 0 saturated heterocycles. The molecule has 1 N–H and O–H groups in total. The number of carbonyl (C=O) groups is 1. The summed E-state index contributed by atoms with van der Waals surface area (Å²) in [7, 11) is 1.94. The Bertz CT molecular complexity index is 1180. The molecule has 6 heteroatoms. The number of hydrogen-bond donors (Lipinski definition) is 1. The summed E-state index contributed by atoms with van der Waals surface area (Å²) < 4.78 is 1.88. The number of anilines is 1. The monoisotopic (exact) mass is 386 g/mol. The molecule has 0 aliphatic heterocycles. The van der Waals surface area contributed by atoms with Gasteiger partial charge < -0.3 is 5.32 Å². The third kappa shape index (κ3) is 3.66. The third-order valence-corrected chi connectivity index (χ3v) is 5.37. The minimum Gasteiger partial charge on any atom is -0.310 e. The number of nitrogens with one attached hydrogen (secondary N) is 1. The predicted molar refractivity (Wildman–Crippen MR) is 113 cm³/mol. The van der Waals surface area contributed by atoms with E-state index in [1.807, 2.05) is 24.0 Å². The lowest BCUT2D eigenvalue weighted by Crippen LogP contribution is -2.12. The Labute approximate surface area is 167 Å². The van der Waals surface area contributed by atoms with Crippen molar-refractivity contribution in [3.63, 3.8) is 0 Å². The molecule has 2 aromatic carbocycles. The molecule has 2 aromatic heterocycles. The first-order chi connectivity index (χ1) is 13.6. The van der Waals surface area contributed by atoms with E-state index in [0.29, 0.717) is 23.7 Å². The molecule has 0 unspecified atom stereocenters. The summed E-state index contributed by atoms with van der Waals surface area (Å²) in [6.07, 6.45) is 8.24. The van der Waals surface area contributed by atoms with Gasteiger partial charge in [-0.3, -0.25) is 9.48 Å². The van der Waals surface area contributed by atoms with Crippen molar-refractivity contribution >= 4 is 34.0 Å². The van der Waals surface area contributed by atoms with Crippen molar-refractivity contribution in [2.75, 3.05) is 5.32 Å². The van der Waals surface area contributed by atoms with Crippen LogP contribution >= 0.6 is 11.3 Å². The van der Waals surface area contributed by atoms with Crippen LogP contribution in [-0.2, 0) is 18.3 Å². The van der Waals surface area contributed by atoms with Crippen molar-refractivity contribution in [1.82, 2.24) is 14.8 Å². The Balaban J connectivity index is 1.42. The Hall–Kier alpha value is -3.43. The number of aryl methyl sites for hydroxylation is 2. The Morgan fingerprint density at radius 3 is 2.82 bits per heavy atom. The average Bonchev–Trinajstić information content (AvgIpc) is 3.33. The van der Waals surface area contributed by atoms with E-state index in [0.717, 1.165) is 27.6 Å². The van der Waals surface area contributed by atoms with E-state index in [4.69, 9.17) is 6.42 Å². The zero-order valence-corrected chi connectivity index (χ0v) is 16.2. The number of hydrogen-bond acceptors (Lipinski definition) is 4. The van der Waals surface area contributed by atoms with Gasteiger partial charge in [0.15, 0.2) is 5.01 Å². The number of amides is 1. The number of thiazole rings is 1. The summed E-state index contributed by atoms with van der Waals surface area (Å²) >= 11 is 1.34. The average molecular weight is 386 g/mol. The molecule has 1 amide bonds. The van der Waals surface area contributed by atoms with Crippen LogP contribution in [0.2, 0.25) is 0 Å². The first kappa shape index (κ1) is 18.0. The largest absolute Gasteiger partial charge is 0.310 e. The first-order valence-corrected chi connectivity index (χ1v) is 9.74. The molecule has 138 valence electrons. The normalized spacial score (nSPS) is 10.7. The van der Waals surface area contributed by atoms with Gasteiger partial charge in [-0.1, -0.05) is 36.4 Å². The molecule has 0 spiro atoms. The molecule has 0 bridgehead atoms. The smallest absolute Gasteiger partial charge is 0.225 e. The molecule has 5 nitrogen and oxygen atoms in total. The van der Waals surface area contributed by atoms with Crippen molar-refractivity contribution in [2.45, 2.75) is 12.8 Å². The second kappa shape index (κ2) is 7.67. The zero-order chi connectivity index (χ0) is 19.5. The Morgan fingerprint density at radius 2 is 2.07 bits per heavy atom. The summed E-state index contributed by atoms with van der Waals surface area (Å²) in [5.74, 6) is 2.91. The molecular weight excluding hydrogens is 368 g/mol. The molecule has 0 atom stereocenters. The van der Waals surface area contributed by atoms with E-state index in [1.54, 1.807) is 5.38 Å². The fraction of sp³-hybridized carbons (Fsp3) is 0.136. The maximum absolute atomic E-state index is 12.1. The van der Waals surface area contributed by atoms with Crippen LogP contribution in [0.25, 0.3) is 22.0 Å². The van der Waals surface area contributed by atoms with Crippen molar-refractivity contribution in [2.24, 2.45) is 7.05 Å². The predicted octanol–water partition coefficient (Wildman–Crippen LogP) is 4.25. The molecule has 28 heavy (non-hydrogen) atoms. The van der Waals surface area contributed by atoms with Gasteiger partial charge in [-0.15, -0.1) is 17.8 Å². The Kier molecular flexibility index (Phi) is 4.92. The van der Waals surface area contributed by atoms with Gasteiger partial charge in [0.1, 0.15) is 5.82 Å².